The minimum absolute atomic E-state index is 0.338. The SMILES string of the molecule is CCCC(CN)Nc1ncnc2c1CCC2. The lowest BCUT2D eigenvalue weighted by atomic mass is 10.1. The van der Waals surface area contributed by atoms with E-state index in [4.69, 9.17) is 5.73 Å². The second kappa shape index (κ2) is 5.25. The second-order valence-corrected chi connectivity index (χ2v) is 4.37. The molecule has 0 radical (unpaired) electrons. The molecule has 0 bridgehead atoms. The van der Waals surface area contributed by atoms with Crippen molar-refractivity contribution in [3.63, 3.8) is 0 Å². The predicted molar refractivity (Wildman–Crippen MR) is 65.4 cm³/mol. The first-order valence-electron chi connectivity index (χ1n) is 6.14. The lowest BCUT2D eigenvalue weighted by molar-refractivity contribution is 0.644. The third-order valence-electron chi connectivity index (χ3n) is 3.14. The van der Waals surface area contributed by atoms with Crippen LogP contribution in [0.1, 0.15) is 37.4 Å². The number of rotatable bonds is 5. The number of anilines is 1. The van der Waals surface area contributed by atoms with E-state index in [0.29, 0.717) is 12.6 Å². The fourth-order valence-electron chi connectivity index (χ4n) is 2.27. The number of fused-ring (bicyclic) bond motifs is 1. The van der Waals surface area contributed by atoms with E-state index >= 15 is 0 Å². The van der Waals surface area contributed by atoms with Crippen LogP contribution in [0.3, 0.4) is 0 Å². The number of hydrogen-bond donors (Lipinski definition) is 2. The summed E-state index contributed by atoms with van der Waals surface area (Å²) in [6.07, 6.45) is 7.28. The summed E-state index contributed by atoms with van der Waals surface area (Å²) in [5.41, 5.74) is 8.26. The molecule has 0 saturated carbocycles. The quantitative estimate of drug-likeness (QED) is 0.789. The zero-order valence-electron chi connectivity index (χ0n) is 9.87. The van der Waals surface area contributed by atoms with Crippen LogP contribution in [0.15, 0.2) is 6.33 Å². The third-order valence-corrected chi connectivity index (χ3v) is 3.14. The Morgan fingerprint density at radius 1 is 1.44 bits per heavy atom. The van der Waals surface area contributed by atoms with Crippen LogP contribution in [0.5, 0.6) is 0 Å². The van der Waals surface area contributed by atoms with Crippen LogP contribution in [0.4, 0.5) is 5.82 Å². The van der Waals surface area contributed by atoms with Crippen molar-refractivity contribution in [3.05, 3.63) is 17.6 Å². The molecular weight excluding hydrogens is 200 g/mol. The van der Waals surface area contributed by atoms with Crippen molar-refractivity contribution in [2.45, 2.75) is 45.1 Å². The van der Waals surface area contributed by atoms with Crippen molar-refractivity contribution in [2.75, 3.05) is 11.9 Å². The van der Waals surface area contributed by atoms with Gasteiger partial charge in [-0.1, -0.05) is 13.3 Å². The number of aryl methyl sites for hydroxylation is 1. The van der Waals surface area contributed by atoms with Gasteiger partial charge in [0.25, 0.3) is 0 Å². The maximum atomic E-state index is 5.75. The topological polar surface area (TPSA) is 63.8 Å². The highest BCUT2D eigenvalue weighted by Crippen LogP contribution is 2.25. The molecule has 4 nitrogen and oxygen atoms in total. The van der Waals surface area contributed by atoms with Gasteiger partial charge in [0.2, 0.25) is 0 Å². The van der Waals surface area contributed by atoms with Crippen LogP contribution >= 0.6 is 0 Å². The molecule has 1 aromatic rings. The maximum Gasteiger partial charge on any atom is 0.133 e. The Morgan fingerprint density at radius 3 is 3.06 bits per heavy atom. The number of nitrogens with one attached hydrogen (secondary N) is 1. The summed E-state index contributed by atoms with van der Waals surface area (Å²) in [6.45, 7) is 2.83. The van der Waals surface area contributed by atoms with Crippen LogP contribution < -0.4 is 11.1 Å². The van der Waals surface area contributed by atoms with E-state index in [2.05, 4.69) is 22.2 Å². The number of nitrogens with two attached hydrogens (primary N) is 1. The van der Waals surface area contributed by atoms with Crippen LogP contribution in [-0.2, 0) is 12.8 Å². The molecule has 0 aliphatic heterocycles. The smallest absolute Gasteiger partial charge is 0.133 e. The highest BCUT2D eigenvalue weighted by atomic mass is 15.1. The number of nitrogens with zero attached hydrogens (tertiary/aromatic N) is 2. The molecule has 0 amide bonds. The molecule has 16 heavy (non-hydrogen) atoms. The summed E-state index contributed by atoms with van der Waals surface area (Å²) in [7, 11) is 0. The fraction of sp³-hybridized carbons (Fsp3) is 0.667. The van der Waals surface area contributed by atoms with Crippen LogP contribution in [0, 0.1) is 0 Å². The zero-order valence-corrected chi connectivity index (χ0v) is 9.87. The standard InChI is InChI=1S/C12H20N4/c1-2-4-9(7-13)16-12-10-5-3-6-11(10)14-8-15-12/h8-9H,2-7,13H2,1H3,(H,14,15,16). The summed E-state index contributed by atoms with van der Waals surface area (Å²) >= 11 is 0. The maximum absolute atomic E-state index is 5.75. The van der Waals surface area contributed by atoms with Gasteiger partial charge in [0.15, 0.2) is 0 Å². The van der Waals surface area contributed by atoms with Gasteiger partial charge in [-0.15, -0.1) is 0 Å². The van der Waals surface area contributed by atoms with Crippen molar-refractivity contribution in [1.82, 2.24) is 9.97 Å². The van der Waals surface area contributed by atoms with Gasteiger partial charge in [0.1, 0.15) is 12.1 Å². The van der Waals surface area contributed by atoms with Gasteiger partial charge >= 0.3 is 0 Å². The summed E-state index contributed by atoms with van der Waals surface area (Å²) in [5.74, 6) is 1.01. The first kappa shape index (κ1) is 11.3. The van der Waals surface area contributed by atoms with Gasteiger partial charge in [-0.05, 0) is 25.7 Å². The Morgan fingerprint density at radius 2 is 2.31 bits per heavy atom. The summed E-state index contributed by atoms with van der Waals surface area (Å²) in [4.78, 5) is 8.66. The second-order valence-electron chi connectivity index (χ2n) is 4.37. The molecule has 1 unspecified atom stereocenters. The van der Waals surface area contributed by atoms with E-state index in [1.165, 1.54) is 17.7 Å². The van der Waals surface area contributed by atoms with Crippen molar-refractivity contribution in [3.8, 4) is 0 Å². The highest BCUT2D eigenvalue weighted by Gasteiger charge is 2.18. The number of aromatic nitrogens is 2. The van der Waals surface area contributed by atoms with E-state index in [9.17, 15) is 0 Å². The zero-order chi connectivity index (χ0) is 11.4. The van der Waals surface area contributed by atoms with Crippen molar-refractivity contribution < 1.29 is 0 Å². The van der Waals surface area contributed by atoms with Gasteiger partial charge in [0, 0.05) is 23.8 Å². The Hall–Kier alpha value is -1.16. The average Bonchev–Trinajstić information content (AvgIpc) is 2.77. The summed E-state index contributed by atoms with van der Waals surface area (Å²) < 4.78 is 0. The average molecular weight is 220 g/mol. The Kier molecular flexibility index (Phi) is 3.72. The molecule has 1 atom stereocenters. The fourth-order valence-corrected chi connectivity index (χ4v) is 2.27. The van der Waals surface area contributed by atoms with Crippen molar-refractivity contribution in [2.24, 2.45) is 5.73 Å². The van der Waals surface area contributed by atoms with Crippen molar-refractivity contribution >= 4 is 5.82 Å². The van der Waals surface area contributed by atoms with Gasteiger partial charge in [-0.2, -0.15) is 0 Å². The molecule has 0 spiro atoms. The first-order valence-corrected chi connectivity index (χ1v) is 6.14. The van der Waals surface area contributed by atoms with Gasteiger partial charge in [0.05, 0.1) is 0 Å². The molecule has 0 saturated heterocycles. The van der Waals surface area contributed by atoms with E-state index in [1.54, 1.807) is 6.33 Å². The van der Waals surface area contributed by atoms with Crippen molar-refractivity contribution in [1.29, 1.82) is 0 Å². The molecule has 1 aliphatic carbocycles. The third kappa shape index (κ3) is 2.32. The van der Waals surface area contributed by atoms with Gasteiger partial charge in [-0.3, -0.25) is 0 Å². The van der Waals surface area contributed by atoms with E-state index in [0.717, 1.165) is 31.5 Å². The normalized spacial score (nSPS) is 15.9. The minimum Gasteiger partial charge on any atom is -0.366 e. The lowest BCUT2D eigenvalue weighted by Crippen LogP contribution is -2.29. The molecule has 2 rings (SSSR count). The molecule has 1 aromatic heterocycles. The molecule has 1 heterocycles. The largest absolute Gasteiger partial charge is 0.366 e. The minimum atomic E-state index is 0.338. The van der Waals surface area contributed by atoms with Crippen LogP contribution in [0.2, 0.25) is 0 Å². The lowest BCUT2D eigenvalue weighted by Gasteiger charge is -2.18. The summed E-state index contributed by atoms with van der Waals surface area (Å²) in [6, 6.07) is 0.338. The molecule has 1 aliphatic rings. The van der Waals surface area contributed by atoms with E-state index in [1.807, 2.05) is 0 Å². The van der Waals surface area contributed by atoms with E-state index < -0.39 is 0 Å². The number of hydrogen-bond acceptors (Lipinski definition) is 4. The van der Waals surface area contributed by atoms with E-state index in [-0.39, 0.29) is 0 Å². The molecule has 0 aromatic carbocycles. The molecular formula is C12H20N4. The monoisotopic (exact) mass is 220 g/mol. The molecule has 3 N–H and O–H groups in total. The molecule has 88 valence electrons. The molecule has 4 heteroatoms. The van der Waals surface area contributed by atoms with Crippen LogP contribution in [0.25, 0.3) is 0 Å². The first-order chi connectivity index (χ1) is 7.85. The Bertz CT molecular complexity index is 351. The van der Waals surface area contributed by atoms with Gasteiger partial charge in [-0.25, -0.2) is 9.97 Å². The van der Waals surface area contributed by atoms with Gasteiger partial charge < -0.3 is 11.1 Å². The molecule has 0 fully saturated rings. The Balaban J connectivity index is 2.12. The highest BCUT2D eigenvalue weighted by molar-refractivity contribution is 5.48. The summed E-state index contributed by atoms with van der Waals surface area (Å²) in [5, 5.41) is 3.45. The van der Waals surface area contributed by atoms with Crippen LogP contribution in [-0.4, -0.2) is 22.6 Å². The Labute approximate surface area is 96.7 Å². The predicted octanol–water partition coefficient (Wildman–Crippen LogP) is 1.50.